The van der Waals surface area contributed by atoms with E-state index in [0.29, 0.717) is 23.3 Å². The summed E-state index contributed by atoms with van der Waals surface area (Å²) < 4.78 is 63.7. The minimum Gasteiger partial charge on any atom is -0.493 e. The number of methoxy groups -OCH3 is 2. The number of hydrogen-bond acceptors (Lipinski definition) is 5. The lowest BCUT2D eigenvalue weighted by Gasteiger charge is -2.09. The first-order chi connectivity index (χ1) is 15.7. The fourth-order valence-electron chi connectivity index (χ4n) is 2.79. The number of anilines is 2. The molecule has 0 spiro atoms. The lowest BCUT2D eigenvalue weighted by Crippen LogP contribution is -2.13. The zero-order chi connectivity index (χ0) is 24.0. The van der Waals surface area contributed by atoms with Gasteiger partial charge in [-0.3, -0.25) is 9.52 Å². The van der Waals surface area contributed by atoms with Gasteiger partial charge in [-0.25, -0.2) is 17.2 Å². The van der Waals surface area contributed by atoms with Crippen LogP contribution in [-0.4, -0.2) is 28.5 Å². The minimum atomic E-state index is -4.11. The van der Waals surface area contributed by atoms with E-state index < -0.39 is 32.5 Å². The third-order valence-corrected chi connectivity index (χ3v) is 5.82. The number of hydrogen-bond donors (Lipinski definition) is 2. The molecule has 0 saturated heterocycles. The van der Waals surface area contributed by atoms with Gasteiger partial charge in [-0.15, -0.1) is 0 Å². The molecule has 172 valence electrons. The molecule has 0 radical (unpaired) electrons. The second kappa shape index (κ2) is 10.1. The fourth-order valence-corrected chi connectivity index (χ4v) is 3.86. The van der Waals surface area contributed by atoms with Crippen LogP contribution in [0.15, 0.2) is 71.6 Å². The van der Waals surface area contributed by atoms with E-state index in [1.165, 1.54) is 44.6 Å². The van der Waals surface area contributed by atoms with Gasteiger partial charge in [0.25, 0.3) is 10.0 Å². The van der Waals surface area contributed by atoms with Crippen molar-refractivity contribution < 1.29 is 31.5 Å². The highest BCUT2D eigenvalue weighted by Gasteiger charge is 2.16. The lowest BCUT2D eigenvalue weighted by atomic mass is 10.2. The summed E-state index contributed by atoms with van der Waals surface area (Å²) in [4.78, 5) is 11.8. The molecule has 10 heteroatoms. The van der Waals surface area contributed by atoms with Crippen LogP contribution in [0.1, 0.15) is 5.56 Å². The number of nitrogens with one attached hydrogen (secondary N) is 2. The van der Waals surface area contributed by atoms with Crippen molar-refractivity contribution in [2.75, 3.05) is 24.3 Å². The fraction of sp³-hybridized carbons (Fsp3) is 0.0870. The molecule has 0 saturated carbocycles. The maximum Gasteiger partial charge on any atom is 0.261 e. The Labute approximate surface area is 189 Å². The van der Waals surface area contributed by atoms with E-state index in [0.717, 1.165) is 17.7 Å². The summed E-state index contributed by atoms with van der Waals surface area (Å²) in [6.45, 7) is 0. The second-order valence-corrected chi connectivity index (χ2v) is 8.38. The van der Waals surface area contributed by atoms with E-state index in [9.17, 15) is 22.0 Å². The van der Waals surface area contributed by atoms with Crippen LogP contribution in [0.5, 0.6) is 11.5 Å². The van der Waals surface area contributed by atoms with Gasteiger partial charge >= 0.3 is 0 Å². The number of benzene rings is 3. The van der Waals surface area contributed by atoms with Crippen LogP contribution in [0.2, 0.25) is 0 Å². The summed E-state index contributed by atoms with van der Waals surface area (Å²) in [5.41, 5.74) is 1.33. The van der Waals surface area contributed by atoms with E-state index >= 15 is 0 Å². The molecule has 3 rings (SSSR count). The van der Waals surface area contributed by atoms with Crippen LogP contribution >= 0.6 is 0 Å². The van der Waals surface area contributed by atoms with Crippen LogP contribution < -0.4 is 19.5 Å². The molecule has 0 heterocycles. The van der Waals surface area contributed by atoms with Gasteiger partial charge < -0.3 is 14.8 Å². The molecule has 0 aromatic heterocycles. The van der Waals surface area contributed by atoms with Crippen molar-refractivity contribution in [3.05, 3.63) is 83.9 Å². The zero-order valence-corrected chi connectivity index (χ0v) is 18.5. The second-order valence-electron chi connectivity index (χ2n) is 6.70. The Morgan fingerprint density at radius 1 is 0.848 bits per heavy atom. The number of halogens is 2. The maximum absolute atomic E-state index is 13.3. The van der Waals surface area contributed by atoms with E-state index in [1.807, 2.05) is 0 Å². The Morgan fingerprint density at radius 2 is 1.52 bits per heavy atom. The molecule has 0 fully saturated rings. The molecule has 2 N–H and O–H groups in total. The van der Waals surface area contributed by atoms with Gasteiger partial charge in [0.15, 0.2) is 23.1 Å². The Bertz CT molecular complexity index is 1290. The quantitative estimate of drug-likeness (QED) is 0.471. The first kappa shape index (κ1) is 23.7. The molecule has 33 heavy (non-hydrogen) atoms. The van der Waals surface area contributed by atoms with Crippen LogP contribution in [0.3, 0.4) is 0 Å². The molecular formula is C23H20F2N2O5S. The largest absolute Gasteiger partial charge is 0.493 e. The van der Waals surface area contributed by atoms with Crippen molar-refractivity contribution >= 4 is 33.4 Å². The highest BCUT2D eigenvalue weighted by atomic mass is 32.2. The van der Waals surface area contributed by atoms with Gasteiger partial charge in [-0.05, 0) is 66.2 Å². The monoisotopic (exact) mass is 474 g/mol. The van der Waals surface area contributed by atoms with Crippen molar-refractivity contribution in [1.82, 2.24) is 0 Å². The van der Waals surface area contributed by atoms with Gasteiger partial charge in [0.1, 0.15) is 0 Å². The number of carbonyl (C=O) groups is 1. The van der Waals surface area contributed by atoms with Gasteiger partial charge in [0.05, 0.1) is 19.1 Å². The van der Waals surface area contributed by atoms with Gasteiger partial charge in [0.2, 0.25) is 5.91 Å². The minimum absolute atomic E-state index is 0.179. The molecule has 0 aliphatic carbocycles. The summed E-state index contributed by atoms with van der Waals surface area (Å²) in [7, 11) is -1.07. The molecular weight excluding hydrogens is 454 g/mol. The summed E-state index contributed by atoms with van der Waals surface area (Å²) in [6.07, 6.45) is 2.93. The van der Waals surface area contributed by atoms with E-state index in [2.05, 4.69) is 10.0 Å². The number of carbonyl (C=O) groups excluding carboxylic acids is 1. The molecule has 0 aliphatic rings. The molecule has 0 atom stereocenters. The lowest BCUT2D eigenvalue weighted by molar-refractivity contribution is -0.111. The van der Waals surface area contributed by atoms with E-state index in [1.54, 1.807) is 24.3 Å². The number of rotatable bonds is 8. The highest BCUT2D eigenvalue weighted by Crippen LogP contribution is 2.28. The Balaban J connectivity index is 1.63. The van der Waals surface area contributed by atoms with Crippen LogP contribution in [0.4, 0.5) is 20.2 Å². The van der Waals surface area contributed by atoms with Crippen molar-refractivity contribution in [2.24, 2.45) is 0 Å². The zero-order valence-electron chi connectivity index (χ0n) is 17.6. The summed E-state index contributed by atoms with van der Waals surface area (Å²) in [5.74, 6) is -1.72. The predicted molar refractivity (Wildman–Crippen MR) is 121 cm³/mol. The SMILES string of the molecule is COc1ccc(/C=C/C(=O)Nc2ccc(NS(=O)(=O)c3ccc(F)c(F)c3)cc2)cc1OC. The van der Waals surface area contributed by atoms with E-state index in [4.69, 9.17) is 9.47 Å². The Morgan fingerprint density at radius 3 is 2.15 bits per heavy atom. The molecule has 0 bridgehead atoms. The van der Waals surface area contributed by atoms with E-state index in [-0.39, 0.29) is 5.69 Å². The summed E-state index contributed by atoms with van der Waals surface area (Å²) in [6, 6.07) is 13.3. The smallest absolute Gasteiger partial charge is 0.261 e. The van der Waals surface area contributed by atoms with Crippen molar-refractivity contribution in [2.45, 2.75) is 4.90 Å². The molecule has 0 aliphatic heterocycles. The Kier molecular flexibility index (Phi) is 7.29. The van der Waals surface area contributed by atoms with Crippen LogP contribution in [0.25, 0.3) is 6.08 Å². The Hall–Kier alpha value is -3.92. The number of ether oxygens (including phenoxy) is 2. The summed E-state index contributed by atoms with van der Waals surface area (Å²) in [5, 5.41) is 2.65. The van der Waals surface area contributed by atoms with Gasteiger partial charge in [-0.2, -0.15) is 0 Å². The standard InChI is InChI=1S/C23H20F2N2O5S/c1-31-21-11-3-15(13-22(21)32-2)4-12-23(28)26-16-5-7-17(8-6-16)27-33(29,30)18-9-10-19(24)20(25)14-18/h3-14,27H,1-2H3,(H,26,28)/b12-4+. The normalized spacial score (nSPS) is 11.3. The number of amides is 1. The van der Waals surface area contributed by atoms with Crippen molar-refractivity contribution in [3.63, 3.8) is 0 Å². The molecule has 3 aromatic carbocycles. The number of sulfonamides is 1. The third-order valence-electron chi connectivity index (χ3n) is 4.44. The average molecular weight is 474 g/mol. The third kappa shape index (κ3) is 6.07. The van der Waals surface area contributed by atoms with Gasteiger partial charge in [-0.1, -0.05) is 6.07 Å². The highest BCUT2D eigenvalue weighted by molar-refractivity contribution is 7.92. The first-order valence-corrected chi connectivity index (χ1v) is 11.0. The first-order valence-electron chi connectivity index (χ1n) is 9.51. The van der Waals surface area contributed by atoms with Gasteiger partial charge in [0, 0.05) is 17.5 Å². The maximum atomic E-state index is 13.3. The molecule has 3 aromatic rings. The topological polar surface area (TPSA) is 93.7 Å². The summed E-state index contributed by atoms with van der Waals surface area (Å²) >= 11 is 0. The molecule has 1 amide bonds. The van der Waals surface area contributed by atoms with Crippen molar-refractivity contribution in [1.29, 1.82) is 0 Å². The molecule has 0 unspecified atom stereocenters. The van der Waals surface area contributed by atoms with Crippen LogP contribution in [0, 0.1) is 11.6 Å². The van der Waals surface area contributed by atoms with Crippen LogP contribution in [-0.2, 0) is 14.8 Å². The average Bonchev–Trinajstić information content (AvgIpc) is 2.80. The molecule has 7 nitrogen and oxygen atoms in total. The predicted octanol–water partition coefficient (Wildman–Crippen LogP) is 4.43. The van der Waals surface area contributed by atoms with Crippen molar-refractivity contribution in [3.8, 4) is 11.5 Å².